The molecule has 0 amide bonds. The van der Waals surface area contributed by atoms with E-state index in [1.807, 2.05) is 55.8 Å². The number of nitrogens with one attached hydrogen (secondary N) is 1. The number of aryl methyl sites for hydroxylation is 1. The molecule has 9 nitrogen and oxygen atoms in total. The molecule has 9 heteroatoms. The van der Waals surface area contributed by atoms with Crippen LogP contribution in [0.25, 0.3) is 16.6 Å². The second kappa shape index (κ2) is 10.3. The maximum atomic E-state index is 9.99. The second-order valence-electron chi connectivity index (χ2n) is 9.74. The van der Waals surface area contributed by atoms with Crippen molar-refractivity contribution in [2.24, 2.45) is 0 Å². The van der Waals surface area contributed by atoms with Gasteiger partial charge in [-0.15, -0.1) is 0 Å². The van der Waals surface area contributed by atoms with E-state index in [1.165, 1.54) is 0 Å². The van der Waals surface area contributed by atoms with Gasteiger partial charge in [-0.05, 0) is 69.9 Å². The first-order chi connectivity index (χ1) is 17.9. The van der Waals surface area contributed by atoms with Crippen LogP contribution in [0.5, 0.6) is 11.5 Å². The van der Waals surface area contributed by atoms with Gasteiger partial charge in [-0.1, -0.05) is 6.07 Å². The van der Waals surface area contributed by atoms with Gasteiger partial charge in [-0.25, -0.2) is 9.97 Å². The number of hydrogen-bond donors (Lipinski definition) is 2. The number of hydrogen-bond acceptors (Lipinski definition) is 8. The van der Waals surface area contributed by atoms with Crippen LogP contribution in [0.3, 0.4) is 0 Å². The predicted octanol–water partition coefficient (Wildman–Crippen LogP) is 4.93. The smallest absolute Gasteiger partial charge is 0.231 e. The number of aromatic nitrogens is 4. The normalized spacial score (nSPS) is 15.5. The van der Waals surface area contributed by atoms with Gasteiger partial charge in [0.1, 0.15) is 29.2 Å². The highest BCUT2D eigenvalue weighted by atomic mass is 16.5. The number of methoxy groups -OCH3 is 1. The summed E-state index contributed by atoms with van der Waals surface area (Å²) in [6, 6.07) is 10.0. The quantitative estimate of drug-likeness (QED) is 0.350. The van der Waals surface area contributed by atoms with Crippen molar-refractivity contribution in [1.29, 1.82) is 0 Å². The summed E-state index contributed by atoms with van der Waals surface area (Å²) in [7, 11) is 1.68. The van der Waals surface area contributed by atoms with Crippen LogP contribution >= 0.6 is 0 Å². The number of imidazole rings is 1. The fourth-order valence-corrected chi connectivity index (χ4v) is 4.85. The van der Waals surface area contributed by atoms with E-state index in [0.717, 1.165) is 58.7 Å². The molecule has 0 aliphatic carbocycles. The average Bonchev–Trinajstić information content (AvgIpc) is 3.55. The van der Waals surface area contributed by atoms with Crippen LogP contribution in [-0.4, -0.2) is 57.0 Å². The van der Waals surface area contributed by atoms with Crippen LogP contribution in [0.1, 0.15) is 37.8 Å². The molecule has 2 aromatic carbocycles. The third-order valence-corrected chi connectivity index (χ3v) is 6.84. The summed E-state index contributed by atoms with van der Waals surface area (Å²) in [5.74, 6) is 3.37. The maximum absolute atomic E-state index is 9.99. The Morgan fingerprint density at radius 3 is 2.76 bits per heavy atom. The van der Waals surface area contributed by atoms with Crippen LogP contribution < -0.4 is 19.7 Å². The van der Waals surface area contributed by atoms with Crippen molar-refractivity contribution in [3.05, 3.63) is 54.0 Å². The predicted molar refractivity (Wildman–Crippen MR) is 146 cm³/mol. The summed E-state index contributed by atoms with van der Waals surface area (Å²) < 4.78 is 13.6. The number of anilines is 3. The van der Waals surface area contributed by atoms with E-state index in [2.05, 4.69) is 28.2 Å². The molecule has 5 rings (SSSR count). The molecule has 0 saturated carbocycles. The molecule has 3 heterocycles. The first-order valence-corrected chi connectivity index (χ1v) is 12.7. The third-order valence-electron chi connectivity index (χ3n) is 6.84. The number of aliphatic hydroxyl groups excluding tert-OH is 1. The van der Waals surface area contributed by atoms with Gasteiger partial charge >= 0.3 is 0 Å². The highest BCUT2D eigenvalue weighted by Crippen LogP contribution is 2.35. The van der Waals surface area contributed by atoms with E-state index < -0.39 is 0 Å². The molecule has 0 radical (unpaired) electrons. The Hall–Kier alpha value is -3.85. The summed E-state index contributed by atoms with van der Waals surface area (Å²) in [5, 5.41) is 14.2. The molecule has 37 heavy (non-hydrogen) atoms. The van der Waals surface area contributed by atoms with E-state index in [4.69, 9.17) is 19.4 Å². The van der Waals surface area contributed by atoms with Gasteiger partial charge in [0.25, 0.3) is 0 Å². The zero-order chi connectivity index (χ0) is 26.1. The Morgan fingerprint density at radius 1 is 1.16 bits per heavy atom. The Labute approximate surface area is 217 Å². The molecule has 2 N–H and O–H groups in total. The SMILES string of the molecule is COc1cc(-n2cnc(Nc3nc(N4CCC[C@H]4CO)c4cccc(OC(C)C)c4n3)c2)cc(C)c1C. The minimum absolute atomic E-state index is 0.00283. The molecule has 0 spiro atoms. The minimum Gasteiger partial charge on any atom is -0.496 e. The minimum atomic E-state index is 0.00283. The van der Waals surface area contributed by atoms with E-state index in [-0.39, 0.29) is 18.8 Å². The van der Waals surface area contributed by atoms with Crippen LogP contribution in [0.2, 0.25) is 0 Å². The lowest BCUT2D eigenvalue weighted by Crippen LogP contribution is -2.33. The fourth-order valence-electron chi connectivity index (χ4n) is 4.85. The number of nitrogens with zero attached hydrogens (tertiary/aromatic N) is 5. The topological polar surface area (TPSA) is 97.6 Å². The molecule has 194 valence electrons. The van der Waals surface area contributed by atoms with Crippen molar-refractivity contribution in [3.63, 3.8) is 0 Å². The number of aliphatic hydroxyl groups is 1. The zero-order valence-electron chi connectivity index (χ0n) is 22.0. The summed E-state index contributed by atoms with van der Waals surface area (Å²) >= 11 is 0. The Morgan fingerprint density at radius 2 is 2.00 bits per heavy atom. The van der Waals surface area contributed by atoms with Gasteiger partial charge < -0.3 is 29.4 Å². The van der Waals surface area contributed by atoms with Crippen LogP contribution in [0.15, 0.2) is 42.9 Å². The molecule has 1 saturated heterocycles. The standard InChI is InChI=1S/C28H34N6O3/c1-17(2)37-23-10-6-9-22-26(23)31-28(32-27(22)34-11-7-8-20(34)15-35)30-25-14-33(16-29-25)21-12-18(3)19(4)24(13-21)36-5/h6,9-10,12-14,16-17,20,35H,7-8,11,15H2,1-5H3,(H,30,31,32)/t20-/m0/s1. The third kappa shape index (κ3) is 4.91. The zero-order valence-corrected chi connectivity index (χ0v) is 22.0. The van der Waals surface area contributed by atoms with E-state index in [1.54, 1.807) is 13.4 Å². The molecule has 4 aromatic rings. The van der Waals surface area contributed by atoms with Crippen molar-refractivity contribution in [2.45, 2.75) is 52.7 Å². The van der Waals surface area contributed by atoms with Gasteiger partial charge in [0.05, 0.1) is 37.7 Å². The summed E-state index contributed by atoms with van der Waals surface area (Å²) in [6.07, 6.45) is 5.59. The van der Waals surface area contributed by atoms with Gasteiger partial charge in [0, 0.05) is 18.0 Å². The molecular weight excluding hydrogens is 468 g/mol. The lowest BCUT2D eigenvalue weighted by Gasteiger charge is -2.26. The average molecular weight is 503 g/mol. The van der Waals surface area contributed by atoms with Gasteiger partial charge in [0.2, 0.25) is 5.95 Å². The summed E-state index contributed by atoms with van der Waals surface area (Å²) in [6.45, 7) is 9.02. The highest BCUT2D eigenvalue weighted by Gasteiger charge is 2.28. The second-order valence-corrected chi connectivity index (χ2v) is 9.74. The largest absolute Gasteiger partial charge is 0.496 e. The maximum Gasteiger partial charge on any atom is 0.231 e. The molecule has 1 fully saturated rings. The Bertz CT molecular complexity index is 1420. The summed E-state index contributed by atoms with van der Waals surface area (Å²) in [4.78, 5) is 16.5. The van der Waals surface area contributed by atoms with E-state index in [0.29, 0.717) is 17.5 Å². The lowest BCUT2D eigenvalue weighted by atomic mass is 10.1. The van der Waals surface area contributed by atoms with Crippen molar-refractivity contribution < 1.29 is 14.6 Å². The van der Waals surface area contributed by atoms with Gasteiger partial charge in [-0.3, -0.25) is 0 Å². The van der Waals surface area contributed by atoms with Gasteiger partial charge in [0.15, 0.2) is 5.82 Å². The Balaban J connectivity index is 1.54. The van der Waals surface area contributed by atoms with Crippen molar-refractivity contribution in [1.82, 2.24) is 19.5 Å². The number of benzene rings is 2. The van der Waals surface area contributed by atoms with E-state index in [9.17, 15) is 5.11 Å². The molecule has 1 atom stereocenters. The van der Waals surface area contributed by atoms with Crippen molar-refractivity contribution in [2.75, 3.05) is 30.5 Å². The molecule has 0 bridgehead atoms. The fraction of sp³-hybridized carbons (Fsp3) is 0.393. The van der Waals surface area contributed by atoms with Crippen LogP contribution in [0, 0.1) is 13.8 Å². The molecular formula is C28H34N6O3. The molecule has 1 aliphatic heterocycles. The van der Waals surface area contributed by atoms with Crippen molar-refractivity contribution in [3.8, 4) is 17.2 Å². The number of rotatable bonds is 8. The lowest BCUT2D eigenvalue weighted by molar-refractivity contribution is 0.245. The first kappa shape index (κ1) is 24.8. The van der Waals surface area contributed by atoms with Crippen LogP contribution in [0.4, 0.5) is 17.6 Å². The summed E-state index contributed by atoms with van der Waals surface area (Å²) in [5.41, 5.74) is 3.94. The molecule has 1 aliphatic rings. The monoisotopic (exact) mass is 502 g/mol. The van der Waals surface area contributed by atoms with Crippen LogP contribution in [-0.2, 0) is 0 Å². The molecule has 0 unspecified atom stereocenters. The first-order valence-electron chi connectivity index (χ1n) is 12.7. The van der Waals surface area contributed by atoms with Crippen molar-refractivity contribution >= 4 is 28.5 Å². The highest BCUT2D eigenvalue weighted by molar-refractivity contribution is 5.94. The molecule has 2 aromatic heterocycles. The van der Waals surface area contributed by atoms with Gasteiger partial charge in [-0.2, -0.15) is 4.98 Å². The number of para-hydroxylation sites is 1. The van der Waals surface area contributed by atoms with E-state index >= 15 is 0 Å². The number of ether oxygens (including phenoxy) is 2. The Kier molecular flexibility index (Phi) is 6.88. The number of fused-ring (bicyclic) bond motifs is 1.